The van der Waals surface area contributed by atoms with Crippen molar-refractivity contribution in [3.8, 4) is 5.75 Å². The van der Waals surface area contributed by atoms with Crippen LogP contribution < -0.4 is 10.5 Å². The first-order valence-electron chi connectivity index (χ1n) is 6.78. The van der Waals surface area contributed by atoms with Gasteiger partial charge in [0, 0.05) is 12.3 Å². The van der Waals surface area contributed by atoms with Crippen molar-refractivity contribution in [1.29, 1.82) is 0 Å². The standard InChI is InChI=1S/C14H20N4OS/c1-2-8-18-13(11-15)16-17-14(18)20-10-9-19-12-6-4-3-5-7-12/h3-7H,2,8-11,15H2,1H3. The minimum Gasteiger partial charge on any atom is -0.493 e. The first kappa shape index (κ1) is 14.9. The summed E-state index contributed by atoms with van der Waals surface area (Å²) in [5.41, 5.74) is 5.67. The van der Waals surface area contributed by atoms with Crippen LogP contribution in [0.2, 0.25) is 0 Å². The van der Waals surface area contributed by atoms with E-state index >= 15 is 0 Å². The molecule has 0 saturated heterocycles. The van der Waals surface area contributed by atoms with E-state index < -0.39 is 0 Å². The fourth-order valence-electron chi connectivity index (χ4n) is 1.83. The predicted molar refractivity (Wildman–Crippen MR) is 80.9 cm³/mol. The molecule has 108 valence electrons. The number of nitrogens with two attached hydrogens (primary N) is 1. The van der Waals surface area contributed by atoms with Gasteiger partial charge < -0.3 is 15.0 Å². The SMILES string of the molecule is CCCn1c(CN)nnc1SCCOc1ccccc1. The fourth-order valence-corrected chi connectivity index (χ4v) is 2.63. The third kappa shape index (κ3) is 3.98. The highest BCUT2D eigenvalue weighted by molar-refractivity contribution is 7.99. The second-order valence-electron chi connectivity index (χ2n) is 4.26. The summed E-state index contributed by atoms with van der Waals surface area (Å²) in [4.78, 5) is 0. The maximum absolute atomic E-state index is 5.67. The second-order valence-corrected chi connectivity index (χ2v) is 5.33. The molecule has 0 bridgehead atoms. The third-order valence-electron chi connectivity index (χ3n) is 2.75. The molecule has 0 aliphatic heterocycles. The highest BCUT2D eigenvalue weighted by Gasteiger charge is 2.10. The van der Waals surface area contributed by atoms with Crippen molar-refractivity contribution in [3.05, 3.63) is 36.2 Å². The molecule has 0 aliphatic carbocycles. The Hall–Kier alpha value is -1.53. The van der Waals surface area contributed by atoms with Crippen LogP contribution in [0.4, 0.5) is 0 Å². The number of benzene rings is 1. The molecule has 2 aromatic rings. The highest BCUT2D eigenvalue weighted by Crippen LogP contribution is 2.18. The second kappa shape index (κ2) is 7.91. The van der Waals surface area contributed by atoms with Gasteiger partial charge in [-0.05, 0) is 18.6 Å². The van der Waals surface area contributed by atoms with Crippen LogP contribution >= 0.6 is 11.8 Å². The molecular formula is C14H20N4OS. The molecule has 1 heterocycles. The molecule has 6 heteroatoms. The van der Waals surface area contributed by atoms with E-state index in [9.17, 15) is 0 Å². The Balaban J connectivity index is 1.83. The van der Waals surface area contributed by atoms with E-state index in [0.717, 1.165) is 35.4 Å². The van der Waals surface area contributed by atoms with Crippen molar-refractivity contribution in [2.45, 2.75) is 31.6 Å². The predicted octanol–water partition coefficient (Wildman–Crippen LogP) is 2.32. The molecule has 20 heavy (non-hydrogen) atoms. The van der Waals surface area contributed by atoms with Crippen molar-refractivity contribution in [1.82, 2.24) is 14.8 Å². The molecule has 0 radical (unpaired) electrons. The summed E-state index contributed by atoms with van der Waals surface area (Å²) in [5, 5.41) is 9.23. The van der Waals surface area contributed by atoms with Crippen molar-refractivity contribution in [2.75, 3.05) is 12.4 Å². The Kier molecular flexibility index (Phi) is 5.88. The molecule has 0 fully saturated rings. The Bertz CT molecular complexity index is 515. The lowest BCUT2D eigenvalue weighted by atomic mass is 10.3. The fraction of sp³-hybridized carbons (Fsp3) is 0.429. The highest BCUT2D eigenvalue weighted by atomic mass is 32.2. The Morgan fingerprint density at radius 1 is 1.25 bits per heavy atom. The molecule has 0 saturated carbocycles. The van der Waals surface area contributed by atoms with Gasteiger partial charge >= 0.3 is 0 Å². The maximum Gasteiger partial charge on any atom is 0.191 e. The Labute approximate surface area is 123 Å². The lowest BCUT2D eigenvalue weighted by Crippen LogP contribution is -2.09. The van der Waals surface area contributed by atoms with Gasteiger partial charge in [0.05, 0.1) is 13.2 Å². The minimum atomic E-state index is 0.425. The topological polar surface area (TPSA) is 66.0 Å². The molecule has 1 aromatic heterocycles. The molecule has 0 unspecified atom stereocenters. The molecule has 0 spiro atoms. The summed E-state index contributed by atoms with van der Waals surface area (Å²) in [5.74, 6) is 2.57. The van der Waals surface area contributed by atoms with E-state index in [1.54, 1.807) is 11.8 Å². The van der Waals surface area contributed by atoms with Crippen molar-refractivity contribution < 1.29 is 4.74 Å². The summed E-state index contributed by atoms with van der Waals surface area (Å²) < 4.78 is 7.75. The van der Waals surface area contributed by atoms with Crippen molar-refractivity contribution >= 4 is 11.8 Å². The van der Waals surface area contributed by atoms with Crippen LogP contribution in [-0.4, -0.2) is 27.1 Å². The smallest absolute Gasteiger partial charge is 0.191 e. The van der Waals surface area contributed by atoms with Crippen molar-refractivity contribution in [2.24, 2.45) is 5.73 Å². The lowest BCUT2D eigenvalue weighted by Gasteiger charge is -2.08. The van der Waals surface area contributed by atoms with Gasteiger partial charge in [-0.25, -0.2) is 0 Å². The number of hydrogen-bond donors (Lipinski definition) is 1. The quantitative estimate of drug-likeness (QED) is 0.597. The van der Waals surface area contributed by atoms with E-state index in [0.29, 0.717) is 13.2 Å². The molecule has 0 aliphatic rings. The average Bonchev–Trinajstić information content (AvgIpc) is 2.87. The number of thioether (sulfide) groups is 1. The Morgan fingerprint density at radius 2 is 2.05 bits per heavy atom. The monoisotopic (exact) mass is 292 g/mol. The Morgan fingerprint density at radius 3 is 2.75 bits per heavy atom. The van der Waals surface area contributed by atoms with E-state index in [2.05, 4.69) is 21.7 Å². The average molecular weight is 292 g/mol. The number of nitrogens with zero attached hydrogens (tertiary/aromatic N) is 3. The van der Waals surface area contributed by atoms with Crippen LogP contribution in [-0.2, 0) is 13.1 Å². The van der Waals surface area contributed by atoms with Gasteiger partial charge in [-0.1, -0.05) is 36.9 Å². The summed E-state index contributed by atoms with van der Waals surface area (Å²) >= 11 is 1.65. The van der Waals surface area contributed by atoms with Crippen LogP contribution in [0.25, 0.3) is 0 Å². The maximum atomic E-state index is 5.67. The number of aromatic nitrogens is 3. The van der Waals surface area contributed by atoms with Gasteiger partial charge in [-0.2, -0.15) is 0 Å². The zero-order valence-electron chi connectivity index (χ0n) is 11.7. The van der Waals surface area contributed by atoms with Crippen LogP contribution in [0, 0.1) is 0 Å². The molecular weight excluding hydrogens is 272 g/mol. The van der Waals surface area contributed by atoms with Crippen LogP contribution in [0.3, 0.4) is 0 Å². The first-order chi connectivity index (χ1) is 9.85. The summed E-state index contributed by atoms with van der Waals surface area (Å²) in [6.07, 6.45) is 1.04. The van der Waals surface area contributed by atoms with Crippen molar-refractivity contribution in [3.63, 3.8) is 0 Å². The molecule has 5 nitrogen and oxygen atoms in total. The molecule has 0 amide bonds. The summed E-state index contributed by atoms with van der Waals surface area (Å²) in [7, 11) is 0. The number of ether oxygens (including phenoxy) is 1. The summed E-state index contributed by atoms with van der Waals surface area (Å²) in [6.45, 7) is 4.11. The zero-order valence-corrected chi connectivity index (χ0v) is 12.5. The van der Waals surface area contributed by atoms with Gasteiger partial charge in [0.1, 0.15) is 11.6 Å². The largest absolute Gasteiger partial charge is 0.493 e. The molecule has 1 aromatic carbocycles. The zero-order chi connectivity index (χ0) is 14.2. The van der Waals surface area contributed by atoms with E-state index in [1.165, 1.54) is 0 Å². The molecule has 2 rings (SSSR count). The van der Waals surface area contributed by atoms with Gasteiger partial charge in [0.2, 0.25) is 0 Å². The third-order valence-corrected chi connectivity index (χ3v) is 3.68. The number of rotatable bonds is 8. The van der Waals surface area contributed by atoms with Gasteiger partial charge in [-0.15, -0.1) is 10.2 Å². The van der Waals surface area contributed by atoms with Crippen LogP contribution in [0.5, 0.6) is 5.75 Å². The van der Waals surface area contributed by atoms with Gasteiger partial charge in [0.25, 0.3) is 0 Å². The molecule has 0 atom stereocenters. The number of para-hydroxylation sites is 1. The van der Waals surface area contributed by atoms with Gasteiger partial charge in [0.15, 0.2) is 5.16 Å². The lowest BCUT2D eigenvalue weighted by molar-refractivity contribution is 0.344. The van der Waals surface area contributed by atoms with E-state index in [1.807, 2.05) is 30.3 Å². The van der Waals surface area contributed by atoms with Crippen LogP contribution in [0.1, 0.15) is 19.2 Å². The van der Waals surface area contributed by atoms with Crippen LogP contribution in [0.15, 0.2) is 35.5 Å². The summed E-state index contributed by atoms with van der Waals surface area (Å²) in [6, 6.07) is 9.82. The first-order valence-corrected chi connectivity index (χ1v) is 7.76. The van der Waals surface area contributed by atoms with E-state index in [4.69, 9.17) is 10.5 Å². The van der Waals surface area contributed by atoms with Gasteiger partial charge in [-0.3, -0.25) is 0 Å². The normalized spacial score (nSPS) is 10.7. The van der Waals surface area contributed by atoms with E-state index in [-0.39, 0.29) is 0 Å². The molecule has 2 N–H and O–H groups in total. The number of hydrogen-bond acceptors (Lipinski definition) is 5. The minimum absolute atomic E-state index is 0.425.